The third kappa shape index (κ3) is 4.59. The Kier molecular flexibility index (Phi) is 5.16. The highest BCUT2D eigenvalue weighted by molar-refractivity contribution is 5.92. The molecule has 0 spiro atoms. The SMILES string of the molecule is COc1ccc(CN(CC(=O)Nc2ccc(C)cc2)C2CC2)cc1. The zero-order valence-corrected chi connectivity index (χ0v) is 14.3. The third-order valence-electron chi connectivity index (χ3n) is 4.29. The second-order valence-corrected chi connectivity index (χ2v) is 6.40. The van der Waals surface area contributed by atoms with Crippen molar-refractivity contribution in [1.82, 2.24) is 4.90 Å². The van der Waals surface area contributed by atoms with Crippen LogP contribution in [0.1, 0.15) is 24.0 Å². The molecule has 1 aliphatic carbocycles. The van der Waals surface area contributed by atoms with Gasteiger partial charge in [-0.15, -0.1) is 0 Å². The van der Waals surface area contributed by atoms with Crippen molar-refractivity contribution in [3.8, 4) is 5.75 Å². The Balaban J connectivity index is 1.58. The Labute approximate surface area is 143 Å². The van der Waals surface area contributed by atoms with Gasteiger partial charge in [0, 0.05) is 18.3 Å². The second-order valence-electron chi connectivity index (χ2n) is 6.40. The molecule has 1 amide bonds. The predicted octanol–water partition coefficient (Wildman–Crippen LogP) is 3.61. The normalized spacial score (nSPS) is 13.8. The van der Waals surface area contributed by atoms with Gasteiger partial charge in [0.25, 0.3) is 0 Å². The smallest absolute Gasteiger partial charge is 0.238 e. The molecule has 1 saturated carbocycles. The van der Waals surface area contributed by atoms with E-state index >= 15 is 0 Å². The van der Waals surface area contributed by atoms with Crippen molar-refractivity contribution in [3.63, 3.8) is 0 Å². The average molecular weight is 324 g/mol. The molecule has 4 heteroatoms. The van der Waals surface area contributed by atoms with Crippen molar-refractivity contribution in [2.45, 2.75) is 32.4 Å². The molecule has 0 bridgehead atoms. The third-order valence-corrected chi connectivity index (χ3v) is 4.29. The molecule has 1 N–H and O–H groups in total. The Bertz CT molecular complexity index is 676. The number of methoxy groups -OCH3 is 1. The molecule has 0 heterocycles. The quantitative estimate of drug-likeness (QED) is 0.846. The lowest BCUT2D eigenvalue weighted by Gasteiger charge is -2.21. The Morgan fingerprint density at radius 1 is 1.12 bits per heavy atom. The number of anilines is 1. The highest BCUT2D eigenvalue weighted by Gasteiger charge is 2.30. The summed E-state index contributed by atoms with van der Waals surface area (Å²) in [5, 5.41) is 2.99. The van der Waals surface area contributed by atoms with E-state index in [0.29, 0.717) is 12.6 Å². The summed E-state index contributed by atoms with van der Waals surface area (Å²) < 4.78 is 5.20. The lowest BCUT2D eigenvalue weighted by atomic mass is 10.2. The molecule has 2 aromatic carbocycles. The van der Waals surface area contributed by atoms with Gasteiger partial charge >= 0.3 is 0 Å². The van der Waals surface area contributed by atoms with Gasteiger partial charge in [0.1, 0.15) is 5.75 Å². The maximum Gasteiger partial charge on any atom is 0.238 e. The maximum atomic E-state index is 12.4. The average Bonchev–Trinajstić information content (AvgIpc) is 3.42. The molecule has 0 radical (unpaired) electrons. The monoisotopic (exact) mass is 324 g/mol. The summed E-state index contributed by atoms with van der Waals surface area (Å²) in [6, 6.07) is 16.5. The van der Waals surface area contributed by atoms with Gasteiger partial charge in [-0.1, -0.05) is 29.8 Å². The van der Waals surface area contributed by atoms with Gasteiger partial charge in [-0.05, 0) is 49.6 Å². The largest absolute Gasteiger partial charge is 0.497 e. The number of aryl methyl sites for hydroxylation is 1. The topological polar surface area (TPSA) is 41.6 Å². The number of rotatable bonds is 7. The summed E-state index contributed by atoms with van der Waals surface area (Å²) >= 11 is 0. The van der Waals surface area contributed by atoms with Gasteiger partial charge in [0.05, 0.1) is 13.7 Å². The number of nitrogens with one attached hydrogen (secondary N) is 1. The van der Waals surface area contributed by atoms with Crippen LogP contribution in [0.3, 0.4) is 0 Å². The highest BCUT2D eigenvalue weighted by atomic mass is 16.5. The van der Waals surface area contributed by atoms with Crippen LogP contribution in [0.15, 0.2) is 48.5 Å². The number of hydrogen-bond donors (Lipinski definition) is 1. The molecule has 2 aromatic rings. The number of hydrogen-bond acceptors (Lipinski definition) is 3. The number of ether oxygens (including phenoxy) is 1. The second kappa shape index (κ2) is 7.49. The molecule has 0 unspecified atom stereocenters. The van der Waals surface area contributed by atoms with Gasteiger partial charge in [-0.2, -0.15) is 0 Å². The van der Waals surface area contributed by atoms with Crippen LogP contribution in [0.5, 0.6) is 5.75 Å². The van der Waals surface area contributed by atoms with E-state index in [-0.39, 0.29) is 5.91 Å². The lowest BCUT2D eigenvalue weighted by molar-refractivity contribution is -0.117. The maximum absolute atomic E-state index is 12.4. The molecule has 0 aromatic heterocycles. The predicted molar refractivity (Wildman–Crippen MR) is 96.2 cm³/mol. The molecule has 126 valence electrons. The summed E-state index contributed by atoms with van der Waals surface area (Å²) in [7, 11) is 1.67. The van der Waals surface area contributed by atoms with E-state index < -0.39 is 0 Å². The number of benzene rings is 2. The van der Waals surface area contributed by atoms with Gasteiger partial charge in [-0.25, -0.2) is 0 Å². The fourth-order valence-corrected chi connectivity index (χ4v) is 2.74. The van der Waals surface area contributed by atoms with Crippen LogP contribution in [-0.4, -0.2) is 30.5 Å². The van der Waals surface area contributed by atoms with Gasteiger partial charge in [-0.3, -0.25) is 9.69 Å². The van der Waals surface area contributed by atoms with E-state index in [2.05, 4.69) is 22.3 Å². The number of nitrogens with zero attached hydrogens (tertiary/aromatic N) is 1. The summed E-state index contributed by atoms with van der Waals surface area (Å²) in [6.07, 6.45) is 2.35. The minimum Gasteiger partial charge on any atom is -0.497 e. The Hall–Kier alpha value is -2.33. The fraction of sp³-hybridized carbons (Fsp3) is 0.350. The zero-order chi connectivity index (χ0) is 16.9. The van der Waals surface area contributed by atoms with E-state index in [1.54, 1.807) is 7.11 Å². The Morgan fingerprint density at radius 3 is 2.38 bits per heavy atom. The van der Waals surface area contributed by atoms with E-state index in [9.17, 15) is 4.79 Å². The molecule has 0 aliphatic heterocycles. The van der Waals surface area contributed by atoms with Gasteiger partial charge < -0.3 is 10.1 Å². The van der Waals surface area contributed by atoms with E-state index in [0.717, 1.165) is 18.0 Å². The first-order valence-electron chi connectivity index (χ1n) is 8.37. The first-order chi connectivity index (χ1) is 11.6. The molecule has 3 rings (SSSR count). The summed E-state index contributed by atoms with van der Waals surface area (Å²) in [4.78, 5) is 14.6. The summed E-state index contributed by atoms with van der Waals surface area (Å²) in [6.45, 7) is 3.25. The van der Waals surface area contributed by atoms with Crippen LogP contribution >= 0.6 is 0 Å². The highest BCUT2D eigenvalue weighted by Crippen LogP contribution is 2.28. The molecule has 0 saturated heterocycles. The summed E-state index contributed by atoms with van der Waals surface area (Å²) in [5.41, 5.74) is 3.24. The van der Waals surface area contributed by atoms with Crippen LogP contribution in [0, 0.1) is 6.92 Å². The lowest BCUT2D eigenvalue weighted by Crippen LogP contribution is -2.34. The van der Waals surface area contributed by atoms with E-state index in [1.807, 2.05) is 43.3 Å². The minimum absolute atomic E-state index is 0.0410. The minimum atomic E-state index is 0.0410. The molecule has 4 nitrogen and oxygen atoms in total. The van der Waals surface area contributed by atoms with Crippen LogP contribution in [0.2, 0.25) is 0 Å². The molecular weight excluding hydrogens is 300 g/mol. The first kappa shape index (κ1) is 16.5. The Morgan fingerprint density at radius 2 is 1.79 bits per heavy atom. The van der Waals surface area contributed by atoms with E-state index in [4.69, 9.17) is 4.74 Å². The molecular formula is C20H24N2O2. The zero-order valence-electron chi connectivity index (χ0n) is 14.3. The van der Waals surface area contributed by atoms with Crippen LogP contribution in [-0.2, 0) is 11.3 Å². The van der Waals surface area contributed by atoms with Crippen LogP contribution < -0.4 is 10.1 Å². The van der Waals surface area contributed by atoms with Crippen molar-refractivity contribution in [3.05, 3.63) is 59.7 Å². The fourth-order valence-electron chi connectivity index (χ4n) is 2.74. The standard InChI is InChI=1S/C20H24N2O2/c1-15-3-7-17(8-4-15)21-20(23)14-22(18-9-10-18)13-16-5-11-19(24-2)12-6-16/h3-8,11-12,18H,9-10,13-14H2,1-2H3,(H,21,23). The van der Waals surface area contributed by atoms with Crippen molar-refractivity contribution in [1.29, 1.82) is 0 Å². The molecule has 24 heavy (non-hydrogen) atoms. The molecule has 1 aliphatic rings. The number of carbonyl (C=O) groups is 1. The van der Waals surface area contributed by atoms with Crippen molar-refractivity contribution >= 4 is 11.6 Å². The van der Waals surface area contributed by atoms with Crippen LogP contribution in [0.4, 0.5) is 5.69 Å². The van der Waals surface area contributed by atoms with Crippen molar-refractivity contribution in [2.24, 2.45) is 0 Å². The summed E-state index contributed by atoms with van der Waals surface area (Å²) in [5.74, 6) is 0.896. The molecule has 1 fully saturated rings. The van der Waals surface area contributed by atoms with E-state index in [1.165, 1.54) is 24.0 Å². The number of amides is 1. The van der Waals surface area contributed by atoms with Gasteiger partial charge in [0.2, 0.25) is 5.91 Å². The number of carbonyl (C=O) groups excluding carboxylic acids is 1. The molecule has 0 atom stereocenters. The van der Waals surface area contributed by atoms with Crippen LogP contribution in [0.25, 0.3) is 0 Å². The van der Waals surface area contributed by atoms with Crippen molar-refractivity contribution in [2.75, 3.05) is 19.0 Å². The van der Waals surface area contributed by atoms with Gasteiger partial charge in [0.15, 0.2) is 0 Å². The van der Waals surface area contributed by atoms with Crippen molar-refractivity contribution < 1.29 is 9.53 Å². The first-order valence-corrected chi connectivity index (χ1v) is 8.37.